The van der Waals surface area contributed by atoms with Crippen LogP contribution in [0.25, 0.3) is 0 Å². The van der Waals surface area contributed by atoms with Crippen molar-refractivity contribution in [2.45, 2.75) is 26.3 Å². The number of anilines is 1. The fraction of sp³-hybridized carbons (Fsp3) is 0.333. The predicted molar refractivity (Wildman–Crippen MR) is 67.7 cm³/mol. The van der Waals surface area contributed by atoms with Gasteiger partial charge in [0.05, 0.1) is 6.04 Å². The molecule has 2 aromatic heterocycles. The predicted octanol–water partition coefficient (Wildman–Crippen LogP) is 3.41. The lowest BCUT2D eigenvalue weighted by molar-refractivity contribution is 0.584. The van der Waals surface area contributed by atoms with E-state index in [9.17, 15) is 4.39 Å². The molecule has 0 spiro atoms. The molecule has 1 atom stereocenters. The second-order valence-electron chi connectivity index (χ2n) is 3.73. The maximum absolute atomic E-state index is 12.9. The van der Waals surface area contributed by atoms with Crippen LogP contribution in [0.1, 0.15) is 29.8 Å². The summed E-state index contributed by atoms with van der Waals surface area (Å²) in [6, 6.07) is 4.74. The van der Waals surface area contributed by atoms with Gasteiger partial charge in [-0.1, -0.05) is 13.0 Å². The Balaban J connectivity index is 2.08. The molecule has 90 valence electrons. The quantitative estimate of drug-likeness (QED) is 0.846. The van der Waals surface area contributed by atoms with Gasteiger partial charge >= 0.3 is 0 Å². The molecule has 2 rings (SSSR count). The number of nitrogens with zero attached hydrogens (tertiary/aromatic N) is 2. The third-order valence-corrected chi connectivity index (χ3v) is 3.69. The van der Waals surface area contributed by atoms with E-state index in [-0.39, 0.29) is 6.04 Å². The third-order valence-electron chi connectivity index (χ3n) is 2.37. The van der Waals surface area contributed by atoms with E-state index in [1.165, 1.54) is 10.9 Å². The molecule has 1 unspecified atom stereocenters. The number of halogens is 1. The average molecular weight is 251 g/mol. The molecule has 0 amide bonds. The number of nitrogens with one attached hydrogen (secondary N) is 1. The molecule has 0 aromatic carbocycles. The summed E-state index contributed by atoms with van der Waals surface area (Å²) >= 11 is 1.67. The van der Waals surface area contributed by atoms with Crippen LogP contribution in [0.3, 0.4) is 0 Å². The minimum absolute atomic E-state index is 0.0367. The van der Waals surface area contributed by atoms with E-state index in [4.69, 9.17) is 0 Å². The Hall–Kier alpha value is -1.49. The third kappa shape index (κ3) is 3.00. The molecule has 0 bridgehead atoms. The van der Waals surface area contributed by atoms with E-state index < -0.39 is 5.95 Å². The summed E-state index contributed by atoms with van der Waals surface area (Å²) < 4.78 is 12.9. The smallest absolute Gasteiger partial charge is 0.214 e. The fourth-order valence-corrected chi connectivity index (χ4v) is 2.32. The van der Waals surface area contributed by atoms with Crippen molar-refractivity contribution in [1.82, 2.24) is 9.97 Å². The van der Waals surface area contributed by atoms with Gasteiger partial charge in [0.1, 0.15) is 10.8 Å². The summed E-state index contributed by atoms with van der Waals surface area (Å²) in [4.78, 5) is 9.36. The van der Waals surface area contributed by atoms with Crippen LogP contribution in [-0.2, 0) is 6.42 Å². The fourth-order valence-electron chi connectivity index (χ4n) is 1.46. The van der Waals surface area contributed by atoms with E-state index >= 15 is 0 Å². The van der Waals surface area contributed by atoms with Gasteiger partial charge in [-0.05, 0) is 25.5 Å². The van der Waals surface area contributed by atoms with E-state index in [2.05, 4.69) is 22.2 Å². The molecule has 0 radical (unpaired) electrons. The van der Waals surface area contributed by atoms with Crippen molar-refractivity contribution >= 4 is 17.2 Å². The van der Waals surface area contributed by atoms with Gasteiger partial charge in [-0.25, -0.2) is 9.97 Å². The molecule has 2 heterocycles. The van der Waals surface area contributed by atoms with Crippen LogP contribution in [0.4, 0.5) is 10.2 Å². The second-order valence-corrected chi connectivity index (χ2v) is 4.88. The summed E-state index contributed by atoms with van der Waals surface area (Å²) in [6.45, 7) is 4.09. The number of aryl methyl sites for hydroxylation is 1. The molecule has 0 fully saturated rings. The molecule has 0 saturated heterocycles. The van der Waals surface area contributed by atoms with E-state index in [0.717, 1.165) is 11.4 Å². The molecular weight excluding hydrogens is 237 g/mol. The Morgan fingerprint density at radius 2 is 2.29 bits per heavy atom. The van der Waals surface area contributed by atoms with Gasteiger partial charge in [-0.15, -0.1) is 11.3 Å². The summed E-state index contributed by atoms with van der Waals surface area (Å²) in [6.07, 6.45) is 2.87. The Bertz CT molecular complexity index is 498. The molecule has 3 nitrogen and oxygen atoms in total. The number of rotatable bonds is 4. The van der Waals surface area contributed by atoms with Gasteiger partial charge in [0.15, 0.2) is 0 Å². The number of thiazole rings is 1. The summed E-state index contributed by atoms with van der Waals surface area (Å²) in [5, 5.41) is 4.13. The first-order chi connectivity index (χ1) is 8.19. The van der Waals surface area contributed by atoms with Crippen LogP contribution in [0.15, 0.2) is 24.4 Å². The van der Waals surface area contributed by atoms with Crippen LogP contribution >= 0.6 is 11.3 Å². The van der Waals surface area contributed by atoms with Gasteiger partial charge in [-0.2, -0.15) is 4.39 Å². The molecule has 0 aliphatic carbocycles. The zero-order chi connectivity index (χ0) is 12.3. The van der Waals surface area contributed by atoms with E-state index in [1.807, 2.05) is 13.1 Å². The molecule has 0 saturated carbocycles. The van der Waals surface area contributed by atoms with Gasteiger partial charge in [0.2, 0.25) is 5.95 Å². The highest BCUT2D eigenvalue weighted by Crippen LogP contribution is 2.23. The first-order valence-electron chi connectivity index (χ1n) is 5.52. The largest absolute Gasteiger partial charge is 0.361 e. The number of pyridine rings is 1. The van der Waals surface area contributed by atoms with Crippen LogP contribution < -0.4 is 5.32 Å². The lowest BCUT2D eigenvalue weighted by atomic mass is 10.3. The SMILES string of the molecule is CCc1cnc(C(C)Nc2cccc(F)n2)s1. The summed E-state index contributed by atoms with van der Waals surface area (Å²) in [5.41, 5.74) is 0. The minimum atomic E-state index is -0.476. The standard InChI is InChI=1S/C12H14FN3S/c1-3-9-7-14-12(17-9)8(2)15-11-6-4-5-10(13)16-11/h4-8H,3H2,1-2H3,(H,15,16). The molecule has 0 aliphatic rings. The van der Waals surface area contributed by atoms with Crippen LogP contribution in [0.2, 0.25) is 0 Å². The van der Waals surface area contributed by atoms with Crippen molar-refractivity contribution in [3.63, 3.8) is 0 Å². The van der Waals surface area contributed by atoms with Gasteiger partial charge in [0, 0.05) is 11.1 Å². The average Bonchev–Trinajstić information content (AvgIpc) is 2.77. The van der Waals surface area contributed by atoms with Gasteiger partial charge in [-0.3, -0.25) is 0 Å². The Morgan fingerprint density at radius 3 is 2.94 bits per heavy atom. The summed E-state index contributed by atoms with van der Waals surface area (Å²) in [5.74, 6) is 0.0568. The molecular formula is C12H14FN3S. The van der Waals surface area contributed by atoms with Crippen LogP contribution in [-0.4, -0.2) is 9.97 Å². The molecule has 5 heteroatoms. The monoisotopic (exact) mass is 251 g/mol. The number of hydrogen-bond acceptors (Lipinski definition) is 4. The summed E-state index contributed by atoms with van der Waals surface area (Å²) in [7, 11) is 0. The van der Waals surface area contributed by atoms with Crippen molar-refractivity contribution in [2.75, 3.05) is 5.32 Å². The molecule has 17 heavy (non-hydrogen) atoms. The Labute approximate surface area is 104 Å². The molecule has 0 aliphatic heterocycles. The maximum Gasteiger partial charge on any atom is 0.214 e. The Kier molecular flexibility index (Phi) is 3.68. The highest BCUT2D eigenvalue weighted by Gasteiger charge is 2.10. The van der Waals surface area contributed by atoms with Crippen molar-refractivity contribution in [1.29, 1.82) is 0 Å². The topological polar surface area (TPSA) is 37.8 Å². The van der Waals surface area contributed by atoms with Gasteiger partial charge in [0.25, 0.3) is 0 Å². The lowest BCUT2D eigenvalue weighted by Crippen LogP contribution is -2.07. The van der Waals surface area contributed by atoms with Crippen LogP contribution in [0, 0.1) is 5.95 Å². The highest BCUT2D eigenvalue weighted by molar-refractivity contribution is 7.11. The lowest BCUT2D eigenvalue weighted by Gasteiger charge is -2.11. The van der Waals surface area contributed by atoms with E-state index in [1.54, 1.807) is 23.5 Å². The maximum atomic E-state index is 12.9. The van der Waals surface area contributed by atoms with Crippen LogP contribution in [0.5, 0.6) is 0 Å². The zero-order valence-corrected chi connectivity index (χ0v) is 10.6. The van der Waals surface area contributed by atoms with Crippen molar-refractivity contribution in [3.8, 4) is 0 Å². The first kappa shape index (κ1) is 12.0. The van der Waals surface area contributed by atoms with Crippen molar-refractivity contribution in [2.24, 2.45) is 0 Å². The first-order valence-corrected chi connectivity index (χ1v) is 6.34. The van der Waals surface area contributed by atoms with Gasteiger partial charge < -0.3 is 5.32 Å². The number of hydrogen-bond donors (Lipinski definition) is 1. The normalized spacial score (nSPS) is 12.4. The Morgan fingerprint density at radius 1 is 1.47 bits per heavy atom. The molecule has 2 aromatic rings. The highest BCUT2D eigenvalue weighted by atomic mass is 32.1. The van der Waals surface area contributed by atoms with E-state index in [0.29, 0.717) is 5.82 Å². The van der Waals surface area contributed by atoms with Crippen molar-refractivity contribution < 1.29 is 4.39 Å². The minimum Gasteiger partial charge on any atom is -0.361 e. The second kappa shape index (κ2) is 5.23. The molecule has 1 N–H and O–H groups in total. The zero-order valence-electron chi connectivity index (χ0n) is 9.77. The number of aromatic nitrogens is 2. The van der Waals surface area contributed by atoms with Crippen molar-refractivity contribution in [3.05, 3.63) is 40.2 Å².